The molecule has 0 spiro atoms. The van der Waals surface area contributed by atoms with Crippen molar-refractivity contribution in [2.24, 2.45) is 5.10 Å². The summed E-state index contributed by atoms with van der Waals surface area (Å²) in [4.78, 5) is 23.1. The lowest BCUT2D eigenvalue weighted by molar-refractivity contribution is 0.0696. The summed E-state index contributed by atoms with van der Waals surface area (Å²) in [5.41, 5.74) is 4.67. The van der Waals surface area contributed by atoms with Gasteiger partial charge in [-0.25, -0.2) is 10.2 Å². The molecule has 0 saturated heterocycles. The average molecular weight is 378 g/mol. The quantitative estimate of drug-likeness (QED) is 0.503. The first-order valence-electron chi connectivity index (χ1n) is 8.39. The average Bonchev–Trinajstić information content (AvgIpc) is 3.16. The standard InChI is InChI=1S/C21H18N2O5/c1-13-11-15(21(25)26)5-9-18(13)19-10-8-17(28-19)12-22-23-20(24)14-3-6-16(27-2)7-4-14/h3-12H,1-2H3,(H,23,24)(H,25,26)/b22-12-. The molecule has 0 radical (unpaired) electrons. The van der Waals surface area contributed by atoms with Crippen LogP contribution < -0.4 is 10.2 Å². The third kappa shape index (κ3) is 4.27. The number of amides is 1. The first-order valence-corrected chi connectivity index (χ1v) is 8.39. The molecule has 0 atom stereocenters. The van der Waals surface area contributed by atoms with E-state index >= 15 is 0 Å². The molecule has 1 amide bonds. The van der Waals surface area contributed by atoms with Crippen molar-refractivity contribution in [1.29, 1.82) is 0 Å². The summed E-state index contributed by atoms with van der Waals surface area (Å²) >= 11 is 0. The Morgan fingerprint density at radius 2 is 1.79 bits per heavy atom. The Morgan fingerprint density at radius 3 is 2.43 bits per heavy atom. The Morgan fingerprint density at radius 1 is 1.07 bits per heavy atom. The molecule has 0 fully saturated rings. The molecule has 2 aromatic carbocycles. The maximum Gasteiger partial charge on any atom is 0.335 e. The van der Waals surface area contributed by atoms with Crippen LogP contribution in [0.15, 0.2) is 64.1 Å². The topological polar surface area (TPSA) is 101 Å². The number of carboxylic acid groups (broad SMARTS) is 1. The van der Waals surface area contributed by atoms with Crippen molar-refractivity contribution in [2.75, 3.05) is 7.11 Å². The number of carboxylic acids is 1. The number of ether oxygens (including phenoxy) is 1. The summed E-state index contributed by atoms with van der Waals surface area (Å²) in [6, 6.07) is 14.9. The maximum atomic E-state index is 12.0. The molecule has 0 aliphatic rings. The van der Waals surface area contributed by atoms with Crippen LogP contribution in [0.2, 0.25) is 0 Å². The monoisotopic (exact) mass is 378 g/mol. The van der Waals surface area contributed by atoms with Crippen LogP contribution in [0.25, 0.3) is 11.3 Å². The molecular formula is C21H18N2O5. The minimum Gasteiger partial charge on any atom is -0.497 e. The summed E-state index contributed by atoms with van der Waals surface area (Å²) in [6.07, 6.45) is 1.39. The lowest BCUT2D eigenvalue weighted by Crippen LogP contribution is -2.17. The zero-order valence-corrected chi connectivity index (χ0v) is 15.3. The van der Waals surface area contributed by atoms with E-state index in [1.165, 1.54) is 12.3 Å². The second-order valence-electron chi connectivity index (χ2n) is 5.96. The van der Waals surface area contributed by atoms with Crippen molar-refractivity contribution in [3.63, 3.8) is 0 Å². The van der Waals surface area contributed by atoms with E-state index in [0.29, 0.717) is 22.8 Å². The van der Waals surface area contributed by atoms with Gasteiger partial charge in [-0.2, -0.15) is 5.10 Å². The number of hydrazone groups is 1. The number of aryl methyl sites for hydroxylation is 1. The van der Waals surface area contributed by atoms with Crippen LogP contribution in [0, 0.1) is 6.92 Å². The van der Waals surface area contributed by atoms with Crippen LogP contribution >= 0.6 is 0 Å². The van der Waals surface area contributed by atoms with Crippen LogP contribution in [-0.4, -0.2) is 30.3 Å². The molecule has 0 bridgehead atoms. The number of carbonyl (C=O) groups excluding carboxylic acids is 1. The largest absolute Gasteiger partial charge is 0.497 e. The summed E-state index contributed by atoms with van der Waals surface area (Å²) in [5, 5.41) is 12.9. The minimum atomic E-state index is -0.977. The van der Waals surface area contributed by atoms with Crippen molar-refractivity contribution >= 4 is 18.1 Å². The fraction of sp³-hybridized carbons (Fsp3) is 0.0952. The van der Waals surface area contributed by atoms with Gasteiger partial charge in [0.15, 0.2) is 0 Å². The molecule has 0 aliphatic carbocycles. The second kappa shape index (κ2) is 8.22. The van der Waals surface area contributed by atoms with E-state index in [1.54, 1.807) is 55.6 Å². The molecule has 2 N–H and O–H groups in total. The van der Waals surface area contributed by atoms with Crippen LogP contribution in [0.3, 0.4) is 0 Å². The maximum absolute atomic E-state index is 12.0. The normalized spacial score (nSPS) is 10.8. The summed E-state index contributed by atoms with van der Waals surface area (Å²) < 4.78 is 10.8. The fourth-order valence-electron chi connectivity index (χ4n) is 2.60. The molecule has 28 heavy (non-hydrogen) atoms. The predicted octanol–water partition coefficient (Wildman–Crippen LogP) is 3.73. The molecule has 0 saturated carbocycles. The van der Waals surface area contributed by atoms with Gasteiger partial charge in [0.05, 0.1) is 18.9 Å². The molecule has 7 nitrogen and oxygen atoms in total. The molecule has 3 rings (SSSR count). The molecular weight excluding hydrogens is 360 g/mol. The second-order valence-corrected chi connectivity index (χ2v) is 5.96. The van der Waals surface area contributed by atoms with E-state index in [0.717, 1.165) is 11.1 Å². The highest BCUT2D eigenvalue weighted by atomic mass is 16.5. The lowest BCUT2D eigenvalue weighted by atomic mass is 10.0. The number of furan rings is 1. The number of carbonyl (C=O) groups is 2. The van der Waals surface area contributed by atoms with Crippen molar-refractivity contribution in [3.8, 4) is 17.1 Å². The van der Waals surface area contributed by atoms with Crippen molar-refractivity contribution in [3.05, 3.63) is 77.0 Å². The number of nitrogens with one attached hydrogen (secondary N) is 1. The Hall–Kier alpha value is -3.87. The molecule has 0 unspecified atom stereocenters. The van der Waals surface area contributed by atoms with E-state index in [2.05, 4.69) is 10.5 Å². The lowest BCUT2D eigenvalue weighted by Gasteiger charge is -2.04. The number of hydrogen-bond donors (Lipinski definition) is 2. The van der Waals surface area contributed by atoms with Gasteiger partial charge in [-0.05, 0) is 61.0 Å². The fourth-order valence-corrected chi connectivity index (χ4v) is 2.60. The third-order valence-electron chi connectivity index (χ3n) is 4.08. The van der Waals surface area contributed by atoms with Gasteiger partial charge in [0.1, 0.15) is 17.3 Å². The highest BCUT2D eigenvalue weighted by molar-refractivity contribution is 5.94. The zero-order valence-electron chi connectivity index (χ0n) is 15.3. The van der Waals surface area contributed by atoms with Gasteiger partial charge in [0.25, 0.3) is 5.91 Å². The van der Waals surface area contributed by atoms with Crippen molar-refractivity contribution in [1.82, 2.24) is 5.43 Å². The molecule has 0 aliphatic heterocycles. The van der Waals surface area contributed by atoms with Gasteiger partial charge in [-0.3, -0.25) is 4.79 Å². The number of methoxy groups -OCH3 is 1. The summed E-state index contributed by atoms with van der Waals surface area (Å²) in [5.74, 6) is 0.360. The number of hydrogen-bond acceptors (Lipinski definition) is 5. The van der Waals surface area contributed by atoms with E-state index in [4.69, 9.17) is 14.3 Å². The summed E-state index contributed by atoms with van der Waals surface area (Å²) in [7, 11) is 1.55. The van der Waals surface area contributed by atoms with Gasteiger partial charge < -0.3 is 14.3 Å². The number of nitrogens with zero attached hydrogens (tertiary/aromatic N) is 1. The summed E-state index contributed by atoms with van der Waals surface area (Å²) in [6.45, 7) is 1.81. The van der Waals surface area contributed by atoms with Gasteiger partial charge in [0, 0.05) is 11.1 Å². The van der Waals surface area contributed by atoms with E-state index in [-0.39, 0.29) is 11.5 Å². The Kier molecular flexibility index (Phi) is 5.55. The highest BCUT2D eigenvalue weighted by Crippen LogP contribution is 2.26. The smallest absolute Gasteiger partial charge is 0.335 e. The van der Waals surface area contributed by atoms with Crippen LogP contribution in [0.5, 0.6) is 5.75 Å². The van der Waals surface area contributed by atoms with Crippen molar-refractivity contribution < 1.29 is 23.8 Å². The molecule has 142 valence electrons. The third-order valence-corrected chi connectivity index (χ3v) is 4.08. The first kappa shape index (κ1) is 18.9. The number of aromatic carboxylic acids is 1. The molecule has 1 heterocycles. The molecule has 3 aromatic rings. The van der Waals surface area contributed by atoms with Gasteiger partial charge in [-0.1, -0.05) is 6.07 Å². The van der Waals surface area contributed by atoms with E-state index in [9.17, 15) is 9.59 Å². The van der Waals surface area contributed by atoms with Crippen LogP contribution in [0.1, 0.15) is 32.0 Å². The highest BCUT2D eigenvalue weighted by Gasteiger charge is 2.10. The van der Waals surface area contributed by atoms with Crippen LogP contribution in [0.4, 0.5) is 0 Å². The van der Waals surface area contributed by atoms with Gasteiger partial charge >= 0.3 is 5.97 Å². The first-order chi connectivity index (χ1) is 13.5. The minimum absolute atomic E-state index is 0.218. The van der Waals surface area contributed by atoms with Crippen LogP contribution in [-0.2, 0) is 0 Å². The zero-order chi connectivity index (χ0) is 20.1. The van der Waals surface area contributed by atoms with E-state index in [1.807, 2.05) is 6.92 Å². The predicted molar refractivity (Wildman–Crippen MR) is 104 cm³/mol. The Bertz CT molecular complexity index is 1040. The Labute approximate surface area is 161 Å². The number of rotatable bonds is 6. The van der Waals surface area contributed by atoms with Gasteiger partial charge in [0.2, 0.25) is 0 Å². The Balaban J connectivity index is 1.67. The van der Waals surface area contributed by atoms with Gasteiger partial charge in [-0.15, -0.1) is 0 Å². The van der Waals surface area contributed by atoms with E-state index < -0.39 is 5.97 Å². The molecule has 1 aromatic heterocycles. The number of benzene rings is 2. The SMILES string of the molecule is COc1ccc(C(=O)N/N=C\c2ccc(-c3ccc(C(=O)O)cc3C)o2)cc1. The van der Waals surface area contributed by atoms with Crippen molar-refractivity contribution in [2.45, 2.75) is 6.92 Å². The molecule has 7 heteroatoms.